The van der Waals surface area contributed by atoms with Crippen LogP contribution in [0.3, 0.4) is 0 Å². The molecule has 0 aromatic rings. The summed E-state index contributed by atoms with van der Waals surface area (Å²) in [6.45, 7) is 5.02. The summed E-state index contributed by atoms with van der Waals surface area (Å²) in [7, 11) is 0. The van der Waals surface area contributed by atoms with E-state index >= 15 is 0 Å². The molecule has 0 unspecified atom stereocenters. The van der Waals surface area contributed by atoms with Gasteiger partial charge in [0.05, 0.1) is 6.10 Å². The number of hydrogen-bond donors (Lipinski definition) is 1. The van der Waals surface area contributed by atoms with Crippen molar-refractivity contribution in [3.05, 3.63) is 0 Å². The van der Waals surface area contributed by atoms with Crippen LogP contribution < -0.4 is 0 Å². The molecule has 1 aliphatic rings. The first kappa shape index (κ1) is 14.0. The largest absolute Gasteiger partial charge is 0.480 e. The molecular formula is C12H21NO4. The highest BCUT2D eigenvalue weighted by Crippen LogP contribution is 2.18. The number of likely N-dealkylation sites (tertiary alicyclic amines) is 1. The zero-order valence-electron chi connectivity index (χ0n) is 10.5. The lowest BCUT2D eigenvalue weighted by molar-refractivity contribution is -0.148. The van der Waals surface area contributed by atoms with Gasteiger partial charge in [0.15, 0.2) is 0 Å². The summed E-state index contributed by atoms with van der Waals surface area (Å²) in [5, 5.41) is 8.96. The quantitative estimate of drug-likeness (QED) is 0.713. The Balaban J connectivity index is 2.29. The molecule has 0 bridgehead atoms. The first-order chi connectivity index (χ1) is 8.02. The number of hydrogen-bond acceptors (Lipinski definition) is 3. The highest BCUT2D eigenvalue weighted by molar-refractivity contribution is 5.84. The molecule has 0 saturated carbocycles. The van der Waals surface area contributed by atoms with Crippen molar-refractivity contribution in [2.24, 2.45) is 0 Å². The molecule has 17 heavy (non-hydrogen) atoms. The average molecular weight is 243 g/mol. The van der Waals surface area contributed by atoms with E-state index in [-0.39, 0.29) is 12.0 Å². The van der Waals surface area contributed by atoms with Crippen LogP contribution in [-0.2, 0) is 14.3 Å². The summed E-state index contributed by atoms with van der Waals surface area (Å²) < 4.78 is 5.34. The van der Waals surface area contributed by atoms with Gasteiger partial charge in [-0.2, -0.15) is 0 Å². The van der Waals surface area contributed by atoms with Gasteiger partial charge in [-0.15, -0.1) is 0 Å². The van der Waals surface area contributed by atoms with Gasteiger partial charge in [0.1, 0.15) is 6.04 Å². The van der Waals surface area contributed by atoms with Crippen LogP contribution in [0.2, 0.25) is 0 Å². The SMILES string of the molecule is CC(C)OCCCC(=O)N1CCC[C@H]1C(=O)O. The van der Waals surface area contributed by atoms with Gasteiger partial charge < -0.3 is 14.7 Å². The Kier molecular flexibility index (Phi) is 5.41. The van der Waals surface area contributed by atoms with Crippen molar-refractivity contribution in [2.45, 2.75) is 51.7 Å². The van der Waals surface area contributed by atoms with Gasteiger partial charge in [0, 0.05) is 19.6 Å². The second kappa shape index (κ2) is 6.59. The third-order valence-corrected chi connectivity index (χ3v) is 2.84. The van der Waals surface area contributed by atoms with E-state index in [1.165, 1.54) is 4.90 Å². The molecule has 1 atom stereocenters. The van der Waals surface area contributed by atoms with Crippen LogP contribution in [0.15, 0.2) is 0 Å². The number of carbonyl (C=O) groups is 2. The van der Waals surface area contributed by atoms with Gasteiger partial charge in [-0.25, -0.2) is 4.79 Å². The number of carboxylic acids is 1. The highest BCUT2D eigenvalue weighted by atomic mass is 16.5. The Labute approximate surface area is 102 Å². The van der Waals surface area contributed by atoms with Crippen LogP contribution >= 0.6 is 0 Å². The van der Waals surface area contributed by atoms with Crippen LogP contribution in [0.5, 0.6) is 0 Å². The van der Waals surface area contributed by atoms with Crippen LogP contribution in [0, 0.1) is 0 Å². The average Bonchev–Trinajstić information content (AvgIpc) is 2.72. The first-order valence-corrected chi connectivity index (χ1v) is 6.16. The van der Waals surface area contributed by atoms with E-state index in [9.17, 15) is 9.59 Å². The fourth-order valence-corrected chi connectivity index (χ4v) is 2.01. The molecule has 5 heteroatoms. The molecule has 0 aliphatic carbocycles. The first-order valence-electron chi connectivity index (χ1n) is 6.16. The van der Waals surface area contributed by atoms with Crippen molar-refractivity contribution in [2.75, 3.05) is 13.2 Å². The number of carboxylic acid groups (broad SMARTS) is 1. The van der Waals surface area contributed by atoms with Gasteiger partial charge in [0.25, 0.3) is 0 Å². The zero-order chi connectivity index (χ0) is 12.8. The molecule has 0 aromatic carbocycles. The van der Waals surface area contributed by atoms with E-state index in [4.69, 9.17) is 9.84 Å². The highest BCUT2D eigenvalue weighted by Gasteiger charge is 2.33. The van der Waals surface area contributed by atoms with Gasteiger partial charge in [-0.1, -0.05) is 0 Å². The molecule has 0 spiro atoms. The number of amides is 1. The summed E-state index contributed by atoms with van der Waals surface area (Å²) >= 11 is 0. The van der Waals surface area contributed by atoms with E-state index in [0.717, 1.165) is 6.42 Å². The Morgan fingerprint density at radius 2 is 2.18 bits per heavy atom. The summed E-state index contributed by atoms with van der Waals surface area (Å²) in [6, 6.07) is -0.617. The van der Waals surface area contributed by atoms with Gasteiger partial charge >= 0.3 is 5.97 Å². The minimum Gasteiger partial charge on any atom is -0.480 e. The maximum Gasteiger partial charge on any atom is 0.326 e. The molecule has 1 heterocycles. The Morgan fingerprint density at radius 3 is 2.76 bits per heavy atom. The molecule has 1 rings (SSSR count). The predicted octanol–water partition coefficient (Wildman–Crippen LogP) is 1.27. The fourth-order valence-electron chi connectivity index (χ4n) is 2.01. The number of ether oxygens (including phenoxy) is 1. The van der Waals surface area contributed by atoms with Gasteiger partial charge in [0.2, 0.25) is 5.91 Å². The van der Waals surface area contributed by atoms with Crippen molar-refractivity contribution in [3.8, 4) is 0 Å². The minimum atomic E-state index is -0.894. The van der Waals surface area contributed by atoms with E-state index < -0.39 is 12.0 Å². The smallest absolute Gasteiger partial charge is 0.326 e. The Bertz CT molecular complexity index is 278. The molecule has 0 radical (unpaired) electrons. The number of rotatable bonds is 6. The number of carbonyl (C=O) groups excluding carboxylic acids is 1. The van der Waals surface area contributed by atoms with Crippen LogP contribution in [0.25, 0.3) is 0 Å². The molecule has 1 fully saturated rings. The van der Waals surface area contributed by atoms with Crippen LogP contribution in [0.1, 0.15) is 39.5 Å². The third-order valence-electron chi connectivity index (χ3n) is 2.84. The van der Waals surface area contributed by atoms with Crippen LogP contribution in [0.4, 0.5) is 0 Å². The maximum absolute atomic E-state index is 11.8. The van der Waals surface area contributed by atoms with Gasteiger partial charge in [-0.3, -0.25) is 4.79 Å². The molecule has 1 saturated heterocycles. The van der Waals surface area contributed by atoms with Crippen molar-refractivity contribution >= 4 is 11.9 Å². The standard InChI is InChI=1S/C12H21NO4/c1-9(2)17-8-4-6-11(14)13-7-3-5-10(13)12(15)16/h9-10H,3-8H2,1-2H3,(H,15,16)/t10-/m0/s1. The molecule has 5 nitrogen and oxygen atoms in total. The normalized spacial score (nSPS) is 19.9. The monoisotopic (exact) mass is 243 g/mol. The number of aliphatic carboxylic acids is 1. The van der Waals surface area contributed by atoms with Crippen molar-refractivity contribution in [1.82, 2.24) is 4.90 Å². The van der Waals surface area contributed by atoms with Crippen molar-refractivity contribution < 1.29 is 19.4 Å². The summed E-state index contributed by atoms with van der Waals surface area (Å²) in [4.78, 5) is 24.2. The lowest BCUT2D eigenvalue weighted by atomic mass is 10.2. The maximum atomic E-state index is 11.8. The molecule has 1 aliphatic heterocycles. The Hall–Kier alpha value is -1.10. The topological polar surface area (TPSA) is 66.8 Å². The van der Waals surface area contributed by atoms with Crippen molar-refractivity contribution in [3.63, 3.8) is 0 Å². The lowest BCUT2D eigenvalue weighted by Gasteiger charge is -2.21. The van der Waals surface area contributed by atoms with E-state index in [0.29, 0.717) is 32.4 Å². The van der Waals surface area contributed by atoms with Crippen LogP contribution in [-0.4, -0.2) is 47.2 Å². The molecule has 1 N–H and O–H groups in total. The molecule has 1 amide bonds. The molecular weight excluding hydrogens is 222 g/mol. The zero-order valence-corrected chi connectivity index (χ0v) is 10.5. The molecule has 0 aromatic heterocycles. The fraction of sp³-hybridized carbons (Fsp3) is 0.833. The third kappa shape index (κ3) is 4.34. The lowest BCUT2D eigenvalue weighted by Crippen LogP contribution is -2.40. The van der Waals surface area contributed by atoms with Crippen molar-refractivity contribution in [1.29, 1.82) is 0 Å². The van der Waals surface area contributed by atoms with E-state index in [2.05, 4.69) is 0 Å². The predicted molar refractivity (Wildman–Crippen MR) is 62.7 cm³/mol. The second-order valence-electron chi connectivity index (χ2n) is 4.61. The minimum absolute atomic E-state index is 0.0674. The van der Waals surface area contributed by atoms with E-state index in [1.54, 1.807) is 0 Å². The summed E-state index contributed by atoms with van der Waals surface area (Å²) in [5.74, 6) is -0.962. The summed E-state index contributed by atoms with van der Waals surface area (Å²) in [5.41, 5.74) is 0. The second-order valence-corrected chi connectivity index (χ2v) is 4.61. The molecule has 98 valence electrons. The number of nitrogens with zero attached hydrogens (tertiary/aromatic N) is 1. The Morgan fingerprint density at radius 1 is 1.47 bits per heavy atom. The van der Waals surface area contributed by atoms with Gasteiger partial charge in [-0.05, 0) is 33.1 Å². The summed E-state index contributed by atoms with van der Waals surface area (Å²) in [6.07, 6.45) is 2.55. The van der Waals surface area contributed by atoms with E-state index in [1.807, 2.05) is 13.8 Å².